The SMILES string of the molecule is C=CC=CC=C(C)C(=Cc1ccc(-c2ccc(C=C(c3ccccc3)c3ccccc3)cc2)cc1)c1ccccc1. The fourth-order valence-corrected chi connectivity index (χ4v) is 4.86. The van der Waals surface area contributed by atoms with E-state index < -0.39 is 0 Å². The van der Waals surface area contributed by atoms with Gasteiger partial charge in [-0.05, 0) is 74.7 Å². The maximum absolute atomic E-state index is 3.77. The van der Waals surface area contributed by atoms with Gasteiger partial charge in [0.2, 0.25) is 0 Å². The second-order valence-electron chi connectivity index (χ2n) is 9.93. The van der Waals surface area contributed by atoms with Crippen LogP contribution in [0.15, 0.2) is 176 Å². The molecule has 0 N–H and O–H groups in total. The van der Waals surface area contributed by atoms with Crippen LogP contribution in [0.3, 0.4) is 0 Å². The molecule has 0 amide bonds. The Morgan fingerprint density at radius 2 is 0.927 bits per heavy atom. The molecule has 0 aliphatic heterocycles. The Morgan fingerprint density at radius 1 is 0.488 bits per heavy atom. The zero-order chi connectivity index (χ0) is 28.3. The largest absolute Gasteiger partial charge is 0.0991 e. The van der Waals surface area contributed by atoms with E-state index in [2.05, 4.69) is 171 Å². The Balaban J connectivity index is 1.41. The Hall–Kier alpha value is -5.20. The van der Waals surface area contributed by atoms with E-state index in [1.165, 1.54) is 55.7 Å². The number of rotatable bonds is 9. The van der Waals surface area contributed by atoms with Crippen molar-refractivity contribution in [3.05, 3.63) is 204 Å². The molecule has 0 aromatic heterocycles. The van der Waals surface area contributed by atoms with Gasteiger partial charge in [-0.2, -0.15) is 0 Å². The van der Waals surface area contributed by atoms with Crippen molar-refractivity contribution >= 4 is 23.3 Å². The fourth-order valence-electron chi connectivity index (χ4n) is 4.86. The van der Waals surface area contributed by atoms with Gasteiger partial charge in [-0.1, -0.05) is 170 Å². The summed E-state index contributed by atoms with van der Waals surface area (Å²) in [5, 5.41) is 0. The van der Waals surface area contributed by atoms with Gasteiger partial charge in [0.05, 0.1) is 0 Å². The second-order valence-corrected chi connectivity index (χ2v) is 9.93. The summed E-state index contributed by atoms with van der Waals surface area (Å²) in [6, 6.07) is 49.3. The van der Waals surface area contributed by atoms with E-state index >= 15 is 0 Å². The summed E-state index contributed by atoms with van der Waals surface area (Å²) in [5.41, 5.74) is 12.0. The zero-order valence-corrected chi connectivity index (χ0v) is 23.5. The monoisotopic (exact) mass is 526 g/mol. The lowest BCUT2D eigenvalue weighted by molar-refractivity contribution is 1.50. The van der Waals surface area contributed by atoms with Crippen LogP contribution >= 0.6 is 0 Å². The first-order valence-corrected chi connectivity index (χ1v) is 14.0. The van der Waals surface area contributed by atoms with E-state index in [1.54, 1.807) is 6.08 Å². The van der Waals surface area contributed by atoms with Crippen molar-refractivity contribution in [1.29, 1.82) is 0 Å². The highest BCUT2D eigenvalue weighted by atomic mass is 14.1. The van der Waals surface area contributed by atoms with E-state index in [0.29, 0.717) is 0 Å². The predicted molar refractivity (Wildman–Crippen MR) is 179 cm³/mol. The van der Waals surface area contributed by atoms with Crippen molar-refractivity contribution in [2.24, 2.45) is 0 Å². The number of hydrogen-bond donors (Lipinski definition) is 0. The topological polar surface area (TPSA) is 0 Å². The molecule has 198 valence electrons. The van der Waals surface area contributed by atoms with Crippen molar-refractivity contribution in [2.75, 3.05) is 0 Å². The molecule has 0 fully saturated rings. The normalized spacial score (nSPS) is 11.8. The van der Waals surface area contributed by atoms with Crippen molar-refractivity contribution in [2.45, 2.75) is 6.92 Å². The van der Waals surface area contributed by atoms with Crippen LogP contribution in [0.4, 0.5) is 0 Å². The summed E-state index contributed by atoms with van der Waals surface area (Å²) in [6.45, 7) is 5.92. The molecule has 0 saturated heterocycles. The van der Waals surface area contributed by atoms with Gasteiger partial charge in [0.15, 0.2) is 0 Å². The molecule has 0 saturated carbocycles. The molecule has 41 heavy (non-hydrogen) atoms. The minimum atomic E-state index is 1.17. The lowest BCUT2D eigenvalue weighted by atomic mass is 9.94. The molecule has 0 spiro atoms. The highest BCUT2D eigenvalue weighted by Gasteiger charge is 2.07. The Kier molecular flexibility index (Phi) is 9.17. The number of hydrogen-bond acceptors (Lipinski definition) is 0. The zero-order valence-electron chi connectivity index (χ0n) is 23.5. The Morgan fingerprint density at radius 3 is 1.39 bits per heavy atom. The summed E-state index contributed by atoms with van der Waals surface area (Å²) >= 11 is 0. The van der Waals surface area contributed by atoms with Crippen LogP contribution in [0.5, 0.6) is 0 Å². The third-order valence-corrected chi connectivity index (χ3v) is 7.05. The van der Waals surface area contributed by atoms with Crippen LogP contribution in [-0.4, -0.2) is 0 Å². The van der Waals surface area contributed by atoms with Crippen molar-refractivity contribution in [3.63, 3.8) is 0 Å². The van der Waals surface area contributed by atoms with Crippen LogP contribution < -0.4 is 0 Å². The maximum atomic E-state index is 3.77. The Bertz CT molecular complexity index is 1640. The molecule has 0 radical (unpaired) electrons. The molecule has 0 unspecified atom stereocenters. The maximum Gasteiger partial charge on any atom is -0.0105 e. The van der Waals surface area contributed by atoms with Crippen LogP contribution in [0.2, 0.25) is 0 Å². The van der Waals surface area contributed by atoms with Gasteiger partial charge in [0.25, 0.3) is 0 Å². The van der Waals surface area contributed by atoms with Crippen LogP contribution in [-0.2, 0) is 0 Å². The van der Waals surface area contributed by atoms with Gasteiger partial charge in [0, 0.05) is 0 Å². The first-order chi connectivity index (χ1) is 20.2. The van der Waals surface area contributed by atoms with Crippen molar-refractivity contribution < 1.29 is 0 Å². The van der Waals surface area contributed by atoms with Crippen molar-refractivity contribution in [1.82, 2.24) is 0 Å². The molecular weight excluding hydrogens is 492 g/mol. The van der Waals surface area contributed by atoms with Gasteiger partial charge in [-0.25, -0.2) is 0 Å². The minimum absolute atomic E-state index is 1.17. The molecular formula is C41H34. The van der Waals surface area contributed by atoms with E-state index in [-0.39, 0.29) is 0 Å². The average Bonchev–Trinajstić information content (AvgIpc) is 3.04. The molecule has 0 bridgehead atoms. The first kappa shape index (κ1) is 27.4. The molecule has 5 aromatic rings. The van der Waals surface area contributed by atoms with Gasteiger partial charge >= 0.3 is 0 Å². The molecule has 5 aromatic carbocycles. The smallest absolute Gasteiger partial charge is 0.0105 e. The molecule has 0 heteroatoms. The highest BCUT2D eigenvalue weighted by Crippen LogP contribution is 2.29. The highest BCUT2D eigenvalue weighted by molar-refractivity contribution is 5.92. The van der Waals surface area contributed by atoms with Crippen LogP contribution in [0.25, 0.3) is 34.4 Å². The summed E-state index contributed by atoms with van der Waals surface area (Å²) in [6.07, 6.45) is 12.4. The average molecular weight is 527 g/mol. The lowest BCUT2D eigenvalue weighted by Gasteiger charge is -2.10. The molecule has 5 rings (SSSR count). The van der Waals surface area contributed by atoms with Gasteiger partial charge in [-0.15, -0.1) is 0 Å². The molecule has 0 aliphatic carbocycles. The van der Waals surface area contributed by atoms with E-state index in [4.69, 9.17) is 0 Å². The number of benzene rings is 5. The predicted octanol–water partition coefficient (Wildman–Crippen LogP) is 11.2. The first-order valence-electron chi connectivity index (χ1n) is 14.0. The lowest BCUT2D eigenvalue weighted by Crippen LogP contribution is -1.88. The molecule has 0 heterocycles. The van der Waals surface area contributed by atoms with Gasteiger partial charge < -0.3 is 0 Å². The Labute approximate surface area is 244 Å². The van der Waals surface area contributed by atoms with Crippen molar-refractivity contribution in [3.8, 4) is 11.1 Å². The summed E-state index contributed by atoms with van der Waals surface area (Å²) in [7, 11) is 0. The van der Waals surface area contributed by atoms with Gasteiger partial charge in [-0.3, -0.25) is 0 Å². The number of allylic oxidation sites excluding steroid dienone is 6. The van der Waals surface area contributed by atoms with Gasteiger partial charge in [0.1, 0.15) is 0 Å². The second kappa shape index (κ2) is 13.7. The summed E-state index contributed by atoms with van der Waals surface area (Å²) in [5.74, 6) is 0. The third kappa shape index (κ3) is 7.26. The van der Waals surface area contributed by atoms with E-state index in [9.17, 15) is 0 Å². The van der Waals surface area contributed by atoms with Crippen LogP contribution in [0, 0.1) is 0 Å². The fraction of sp³-hybridized carbons (Fsp3) is 0.0244. The van der Waals surface area contributed by atoms with Crippen LogP contribution in [0.1, 0.15) is 34.7 Å². The summed E-state index contributed by atoms with van der Waals surface area (Å²) < 4.78 is 0. The third-order valence-electron chi connectivity index (χ3n) is 7.05. The quantitative estimate of drug-likeness (QED) is 0.132. The minimum Gasteiger partial charge on any atom is -0.0991 e. The van der Waals surface area contributed by atoms with E-state index in [1.807, 2.05) is 12.2 Å². The summed E-state index contributed by atoms with van der Waals surface area (Å²) in [4.78, 5) is 0. The van der Waals surface area contributed by atoms with E-state index in [0.717, 1.165) is 0 Å². The standard InChI is InChI=1S/C41H34/c1-3-4-8-15-32(2)40(37-16-9-5-10-17-37)30-33-22-26-35(27-23-33)36-28-24-34(25-29-36)31-41(38-18-11-6-12-19-38)39-20-13-7-14-21-39/h3-31H,1H2,2H3. The molecule has 0 nitrogen and oxygen atoms in total. The molecule has 0 atom stereocenters. The molecule has 0 aliphatic rings.